The van der Waals surface area contributed by atoms with Crippen LogP contribution in [0.4, 0.5) is 0 Å². The van der Waals surface area contributed by atoms with E-state index in [2.05, 4.69) is 0 Å². The molecule has 180 valence electrons. The summed E-state index contributed by atoms with van der Waals surface area (Å²) in [5.41, 5.74) is 3.00. The monoisotopic (exact) mass is 473 g/mol. The number of aryl methyl sites for hydroxylation is 1. The van der Waals surface area contributed by atoms with Crippen molar-refractivity contribution in [3.8, 4) is 17.2 Å². The molecule has 1 heterocycles. The fourth-order valence-electron chi connectivity index (χ4n) is 4.27. The number of amides is 1. The van der Waals surface area contributed by atoms with Crippen molar-refractivity contribution < 1.29 is 29.3 Å². The average Bonchev–Trinajstić information content (AvgIpc) is 3.12. The molecule has 1 atom stereocenters. The Kier molecular flexibility index (Phi) is 6.78. The number of nitrogens with zero attached hydrogens (tertiary/aromatic N) is 1. The highest BCUT2D eigenvalue weighted by atomic mass is 16.5. The molecule has 7 nitrogen and oxygen atoms in total. The van der Waals surface area contributed by atoms with Crippen LogP contribution in [0.25, 0.3) is 5.76 Å². The van der Waals surface area contributed by atoms with Crippen molar-refractivity contribution in [2.24, 2.45) is 0 Å². The van der Waals surface area contributed by atoms with E-state index in [1.54, 1.807) is 44.6 Å². The Labute approximate surface area is 203 Å². The molecule has 1 aliphatic rings. The molecule has 0 aromatic heterocycles. The molecule has 0 saturated carbocycles. The highest BCUT2D eigenvalue weighted by Gasteiger charge is 2.45. The van der Waals surface area contributed by atoms with E-state index >= 15 is 0 Å². The fourth-order valence-corrected chi connectivity index (χ4v) is 4.27. The maximum atomic E-state index is 13.1. The van der Waals surface area contributed by atoms with Crippen LogP contribution in [0.15, 0.2) is 72.3 Å². The fraction of sp³-hybridized carbons (Fsp3) is 0.214. The largest absolute Gasteiger partial charge is 0.508 e. The van der Waals surface area contributed by atoms with Crippen LogP contribution in [0.5, 0.6) is 17.2 Å². The number of aromatic hydroxyl groups is 1. The van der Waals surface area contributed by atoms with Gasteiger partial charge in [0, 0.05) is 12.1 Å². The zero-order chi connectivity index (χ0) is 25.1. The number of ether oxygens (including phenoxy) is 2. The lowest BCUT2D eigenvalue weighted by atomic mass is 9.95. The lowest BCUT2D eigenvalue weighted by Gasteiger charge is -2.25. The number of carbonyl (C=O) groups is 2. The first-order chi connectivity index (χ1) is 16.8. The molecule has 3 aromatic carbocycles. The Bertz CT molecular complexity index is 1280. The molecular weight excluding hydrogens is 446 g/mol. The summed E-state index contributed by atoms with van der Waals surface area (Å²) in [6.45, 7) is 2.16. The summed E-state index contributed by atoms with van der Waals surface area (Å²) < 4.78 is 10.7. The Morgan fingerprint density at radius 3 is 2.20 bits per heavy atom. The van der Waals surface area contributed by atoms with Gasteiger partial charge in [0.15, 0.2) is 11.5 Å². The first-order valence-corrected chi connectivity index (χ1v) is 11.2. The zero-order valence-corrected chi connectivity index (χ0v) is 19.8. The normalized spacial score (nSPS) is 17.0. The van der Waals surface area contributed by atoms with Crippen molar-refractivity contribution >= 4 is 17.4 Å². The second-order valence-electron chi connectivity index (χ2n) is 8.39. The zero-order valence-electron chi connectivity index (χ0n) is 19.8. The minimum absolute atomic E-state index is 0.0249. The number of phenolic OH excluding ortho intramolecular Hbond substituents is 1. The maximum absolute atomic E-state index is 13.1. The van der Waals surface area contributed by atoms with Crippen LogP contribution in [-0.2, 0) is 16.0 Å². The number of likely N-dealkylation sites (tertiary alicyclic amines) is 1. The van der Waals surface area contributed by atoms with Gasteiger partial charge in [0.25, 0.3) is 11.7 Å². The number of aliphatic hydroxyl groups excluding tert-OH is 1. The second-order valence-corrected chi connectivity index (χ2v) is 8.39. The highest BCUT2D eigenvalue weighted by Crippen LogP contribution is 2.40. The summed E-state index contributed by atoms with van der Waals surface area (Å²) in [7, 11) is 3.11. The molecule has 0 bridgehead atoms. The van der Waals surface area contributed by atoms with Crippen molar-refractivity contribution in [2.45, 2.75) is 19.4 Å². The van der Waals surface area contributed by atoms with Crippen LogP contribution in [0.3, 0.4) is 0 Å². The number of rotatable bonds is 7. The maximum Gasteiger partial charge on any atom is 0.295 e. The van der Waals surface area contributed by atoms with Gasteiger partial charge in [-0.1, -0.05) is 48.0 Å². The number of phenols is 1. The minimum atomic E-state index is -0.794. The van der Waals surface area contributed by atoms with E-state index in [1.807, 2.05) is 31.2 Å². The standard InChI is InChI=1S/C28H27NO6/c1-17-4-7-20(8-5-17)26(31)24-25(19-9-11-21(30)12-10-19)29(28(33)27(24)32)15-14-18-6-13-22(34-2)23(16-18)35-3/h4-13,16,25,30-31H,14-15H2,1-3H3/b26-24+. The molecule has 0 aliphatic carbocycles. The Morgan fingerprint density at radius 1 is 0.914 bits per heavy atom. The van der Waals surface area contributed by atoms with Crippen LogP contribution in [0.1, 0.15) is 28.3 Å². The van der Waals surface area contributed by atoms with Gasteiger partial charge in [-0.3, -0.25) is 9.59 Å². The first kappa shape index (κ1) is 23.9. The van der Waals surface area contributed by atoms with Crippen molar-refractivity contribution in [1.29, 1.82) is 0 Å². The molecule has 0 radical (unpaired) electrons. The van der Waals surface area contributed by atoms with Crippen LogP contribution in [0.2, 0.25) is 0 Å². The molecule has 1 saturated heterocycles. The molecule has 1 aliphatic heterocycles. The van der Waals surface area contributed by atoms with Crippen LogP contribution in [-0.4, -0.2) is 47.6 Å². The third-order valence-electron chi connectivity index (χ3n) is 6.16. The third kappa shape index (κ3) is 4.71. The molecule has 1 unspecified atom stereocenters. The number of hydrogen-bond donors (Lipinski definition) is 2. The average molecular weight is 474 g/mol. The van der Waals surface area contributed by atoms with E-state index in [9.17, 15) is 19.8 Å². The number of benzene rings is 3. The van der Waals surface area contributed by atoms with E-state index in [4.69, 9.17) is 9.47 Å². The quantitative estimate of drug-likeness (QED) is 0.300. The summed E-state index contributed by atoms with van der Waals surface area (Å²) in [4.78, 5) is 27.7. The molecule has 1 fully saturated rings. The van der Waals surface area contributed by atoms with Crippen molar-refractivity contribution in [3.63, 3.8) is 0 Å². The van der Waals surface area contributed by atoms with Gasteiger partial charge in [-0.05, 0) is 48.7 Å². The van der Waals surface area contributed by atoms with Crippen molar-refractivity contribution in [3.05, 3.63) is 94.6 Å². The number of hydrogen-bond acceptors (Lipinski definition) is 6. The van der Waals surface area contributed by atoms with E-state index in [-0.39, 0.29) is 23.6 Å². The molecule has 0 spiro atoms. The van der Waals surface area contributed by atoms with Crippen LogP contribution >= 0.6 is 0 Å². The van der Waals surface area contributed by atoms with E-state index in [1.165, 1.54) is 17.0 Å². The summed E-state index contributed by atoms with van der Waals surface area (Å²) in [5.74, 6) is -0.421. The smallest absolute Gasteiger partial charge is 0.295 e. The predicted molar refractivity (Wildman–Crippen MR) is 132 cm³/mol. The van der Waals surface area contributed by atoms with Gasteiger partial charge < -0.3 is 24.6 Å². The van der Waals surface area contributed by atoms with Crippen molar-refractivity contribution in [2.75, 3.05) is 20.8 Å². The second kappa shape index (κ2) is 9.93. The van der Waals surface area contributed by atoms with Crippen molar-refractivity contribution in [1.82, 2.24) is 4.90 Å². The summed E-state index contributed by atoms with van der Waals surface area (Å²) in [5, 5.41) is 20.9. The molecule has 3 aromatic rings. The van der Waals surface area contributed by atoms with Gasteiger partial charge in [-0.25, -0.2) is 0 Å². The van der Waals surface area contributed by atoms with Gasteiger partial charge in [0.2, 0.25) is 0 Å². The number of Topliss-reactive ketones (excluding diaryl/α,β-unsaturated/α-hetero) is 1. The molecule has 7 heteroatoms. The lowest BCUT2D eigenvalue weighted by molar-refractivity contribution is -0.139. The Hall–Kier alpha value is -4.26. The van der Waals surface area contributed by atoms with E-state index < -0.39 is 17.7 Å². The Morgan fingerprint density at radius 2 is 1.57 bits per heavy atom. The number of carbonyl (C=O) groups excluding carboxylic acids is 2. The molecular formula is C28H27NO6. The molecule has 2 N–H and O–H groups in total. The SMILES string of the molecule is COc1ccc(CCN2C(=O)C(=O)/C(=C(/O)c3ccc(C)cc3)C2c2ccc(O)cc2)cc1OC. The molecule has 35 heavy (non-hydrogen) atoms. The van der Waals surface area contributed by atoms with Crippen LogP contribution < -0.4 is 9.47 Å². The number of methoxy groups -OCH3 is 2. The summed E-state index contributed by atoms with van der Waals surface area (Å²) >= 11 is 0. The molecule has 4 rings (SSSR count). The number of aliphatic hydroxyl groups is 1. The number of ketones is 1. The first-order valence-electron chi connectivity index (χ1n) is 11.2. The predicted octanol–water partition coefficient (Wildman–Crippen LogP) is 4.38. The van der Waals surface area contributed by atoms with Gasteiger partial charge in [0.05, 0.1) is 25.8 Å². The molecule has 1 amide bonds. The van der Waals surface area contributed by atoms with E-state index in [0.717, 1.165) is 11.1 Å². The van der Waals surface area contributed by atoms with Crippen LogP contribution in [0, 0.1) is 6.92 Å². The minimum Gasteiger partial charge on any atom is -0.508 e. The lowest BCUT2D eigenvalue weighted by Crippen LogP contribution is -2.31. The highest BCUT2D eigenvalue weighted by molar-refractivity contribution is 6.46. The van der Waals surface area contributed by atoms with Gasteiger partial charge >= 0.3 is 0 Å². The van der Waals surface area contributed by atoms with E-state index in [0.29, 0.717) is 29.0 Å². The Balaban J connectivity index is 1.73. The van der Waals surface area contributed by atoms with Gasteiger partial charge in [-0.2, -0.15) is 0 Å². The summed E-state index contributed by atoms with van der Waals surface area (Å²) in [6, 6.07) is 18.1. The third-order valence-corrected chi connectivity index (χ3v) is 6.16. The topological polar surface area (TPSA) is 96.3 Å². The van der Waals surface area contributed by atoms with Gasteiger partial charge in [0.1, 0.15) is 11.5 Å². The van der Waals surface area contributed by atoms with Gasteiger partial charge in [-0.15, -0.1) is 0 Å². The summed E-state index contributed by atoms with van der Waals surface area (Å²) in [6.07, 6.45) is 0.451.